The number of rotatable bonds is 5. The average Bonchev–Trinajstić information content (AvgIpc) is 2.86. The molecule has 0 aliphatic carbocycles. The number of carbonyl (C=O) groups excluding carboxylic acids is 1. The molecule has 0 unspecified atom stereocenters. The van der Waals surface area contributed by atoms with Gasteiger partial charge in [-0.2, -0.15) is 0 Å². The molecule has 0 radical (unpaired) electrons. The van der Waals surface area contributed by atoms with Crippen molar-refractivity contribution in [3.63, 3.8) is 0 Å². The van der Waals surface area contributed by atoms with Crippen LogP contribution in [0.25, 0.3) is 0 Å². The lowest BCUT2D eigenvalue weighted by Gasteiger charge is -2.15. The molecule has 4 rings (SSSR count). The van der Waals surface area contributed by atoms with Gasteiger partial charge in [-0.15, -0.1) is 0 Å². The SMILES string of the molecule is CCOc1c(C)cc(S(=O)(=O)Nc2ccc3c(c2)C(=O)Nc2cc(C)ccc2O3)cc1C. The van der Waals surface area contributed by atoms with Crippen LogP contribution in [0.3, 0.4) is 0 Å². The van der Waals surface area contributed by atoms with E-state index in [4.69, 9.17) is 9.47 Å². The quantitative estimate of drug-likeness (QED) is 0.557. The van der Waals surface area contributed by atoms with E-state index in [0.29, 0.717) is 29.5 Å². The highest BCUT2D eigenvalue weighted by atomic mass is 32.2. The lowest BCUT2D eigenvalue weighted by atomic mass is 10.1. The van der Waals surface area contributed by atoms with E-state index in [2.05, 4.69) is 10.0 Å². The monoisotopic (exact) mass is 452 g/mol. The molecule has 1 amide bonds. The Morgan fingerprint density at radius 1 is 0.969 bits per heavy atom. The number of benzene rings is 3. The molecule has 1 aliphatic rings. The summed E-state index contributed by atoms with van der Waals surface area (Å²) in [6, 6.07) is 13.2. The van der Waals surface area contributed by atoms with E-state index in [0.717, 1.165) is 16.7 Å². The Kier molecular flexibility index (Phi) is 5.56. The number of aryl methyl sites for hydroxylation is 3. The first-order valence-electron chi connectivity index (χ1n) is 10.2. The summed E-state index contributed by atoms with van der Waals surface area (Å²) in [6.45, 7) is 7.90. The number of hydrogen-bond donors (Lipinski definition) is 2. The Hall–Kier alpha value is -3.52. The van der Waals surface area contributed by atoms with Crippen LogP contribution in [0.15, 0.2) is 53.4 Å². The highest BCUT2D eigenvalue weighted by Gasteiger charge is 2.23. The molecule has 0 saturated carbocycles. The normalized spacial score (nSPS) is 12.7. The minimum atomic E-state index is -3.88. The minimum Gasteiger partial charge on any atom is -0.493 e. The first-order valence-corrected chi connectivity index (χ1v) is 11.7. The van der Waals surface area contributed by atoms with Gasteiger partial charge in [0.15, 0.2) is 5.75 Å². The van der Waals surface area contributed by atoms with Gasteiger partial charge in [-0.25, -0.2) is 8.42 Å². The molecule has 1 heterocycles. The minimum absolute atomic E-state index is 0.120. The van der Waals surface area contributed by atoms with Crippen molar-refractivity contribution in [3.05, 3.63) is 70.8 Å². The summed E-state index contributed by atoms with van der Waals surface area (Å²) < 4.78 is 40.1. The summed E-state index contributed by atoms with van der Waals surface area (Å²) in [5, 5.41) is 2.82. The molecule has 0 atom stereocenters. The van der Waals surface area contributed by atoms with Crippen LogP contribution in [0.5, 0.6) is 17.2 Å². The second kappa shape index (κ2) is 8.20. The van der Waals surface area contributed by atoms with Crippen molar-refractivity contribution >= 4 is 27.3 Å². The van der Waals surface area contributed by atoms with Crippen molar-refractivity contribution in [1.82, 2.24) is 0 Å². The van der Waals surface area contributed by atoms with Gasteiger partial charge in [-0.1, -0.05) is 6.07 Å². The predicted octanol–water partition coefficient (Wildman–Crippen LogP) is 5.17. The van der Waals surface area contributed by atoms with Gasteiger partial charge in [0.05, 0.1) is 22.8 Å². The molecular formula is C24H24N2O5S. The summed E-state index contributed by atoms with van der Waals surface area (Å²) >= 11 is 0. The lowest BCUT2D eigenvalue weighted by molar-refractivity contribution is 0.102. The Labute approximate surface area is 187 Å². The van der Waals surface area contributed by atoms with Crippen LogP contribution in [0.1, 0.15) is 34.0 Å². The zero-order chi connectivity index (χ0) is 23.0. The second-order valence-corrected chi connectivity index (χ2v) is 9.37. The van der Waals surface area contributed by atoms with Crippen molar-refractivity contribution in [2.24, 2.45) is 0 Å². The van der Waals surface area contributed by atoms with Gasteiger partial charge < -0.3 is 14.8 Å². The van der Waals surface area contributed by atoms with E-state index < -0.39 is 10.0 Å². The van der Waals surface area contributed by atoms with E-state index in [1.807, 2.05) is 26.0 Å². The molecule has 8 heteroatoms. The fourth-order valence-electron chi connectivity index (χ4n) is 3.65. The number of nitrogens with one attached hydrogen (secondary N) is 2. The summed E-state index contributed by atoms with van der Waals surface area (Å²) in [7, 11) is -3.88. The van der Waals surface area contributed by atoms with E-state index in [9.17, 15) is 13.2 Å². The maximum atomic E-state index is 13.0. The second-order valence-electron chi connectivity index (χ2n) is 7.69. The molecule has 7 nitrogen and oxygen atoms in total. The molecule has 0 fully saturated rings. The summed E-state index contributed by atoms with van der Waals surface area (Å²) in [5.41, 5.74) is 3.50. The van der Waals surface area contributed by atoms with Gasteiger partial charge in [-0.3, -0.25) is 9.52 Å². The van der Waals surface area contributed by atoms with Crippen LogP contribution in [-0.4, -0.2) is 20.9 Å². The number of sulfonamides is 1. The predicted molar refractivity (Wildman–Crippen MR) is 124 cm³/mol. The molecule has 2 N–H and O–H groups in total. The fraction of sp³-hybridized carbons (Fsp3) is 0.208. The Morgan fingerprint density at radius 2 is 1.66 bits per heavy atom. The Bertz CT molecular complexity index is 1310. The van der Waals surface area contributed by atoms with Gasteiger partial charge in [-0.05, 0) is 86.8 Å². The van der Waals surface area contributed by atoms with Gasteiger partial charge in [0.1, 0.15) is 11.5 Å². The number of ether oxygens (including phenoxy) is 2. The fourth-order valence-corrected chi connectivity index (χ4v) is 4.87. The third-order valence-electron chi connectivity index (χ3n) is 5.11. The molecule has 3 aromatic carbocycles. The molecule has 0 saturated heterocycles. The van der Waals surface area contributed by atoms with Crippen LogP contribution in [-0.2, 0) is 10.0 Å². The van der Waals surface area contributed by atoms with Gasteiger partial charge in [0, 0.05) is 5.69 Å². The van der Waals surface area contributed by atoms with E-state index in [1.54, 1.807) is 44.2 Å². The number of amides is 1. The van der Waals surface area contributed by atoms with Gasteiger partial charge in [0.2, 0.25) is 0 Å². The maximum Gasteiger partial charge on any atom is 0.261 e. The third-order valence-corrected chi connectivity index (χ3v) is 6.47. The average molecular weight is 453 g/mol. The highest BCUT2D eigenvalue weighted by molar-refractivity contribution is 7.92. The third kappa shape index (κ3) is 4.13. The zero-order valence-corrected chi connectivity index (χ0v) is 19.1. The van der Waals surface area contributed by atoms with Crippen LogP contribution in [0.2, 0.25) is 0 Å². The summed E-state index contributed by atoms with van der Waals surface area (Å²) in [6.07, 6.45) is 0. The molecule has 32 heavy (non-hydrogen) atoms. The molecule has 3 aromatic rings. The summed E-state index contributed by atoms with van der Waals surface area (Å²) in [5.74, 6) is 1.18. The van der Waals surface area contributed by atoms with Crippen molar-refractivity contribution in [3.8, 4) is 17.2 Å². The molecule has 166 valence electrons. The number of anilines is 2. The molecular weight excluding hydrogens is 428 g/mol. The van der Waals surface area contributed by atoms with Crippen LogP contribution >= 0.6 is 0 Å². The van der Waals surface area contributed by atoms with Gasteiger partial charge in [0.25, 0.3) is 15.9 Å². The van der Waals surface area contributed by atoms with Crippen molar-refractivity contribution in [2.75, 3.05) is 16.6 Å². The zero-order valence-electron chi connectivity index (χ0n) is 18.3. The van der Waals surface area contributed by atoms with E-state index in [1.165, 1.54) is 6.07 Å². The standard InChI is InChI=1S/C24H24N2O5S/c1-5-30-23-15(3)11-18(12-16(23)4)32(28,29)26-17-7-9-21-19(13-17)24(27)25-20-10-14(2)6-8-22(20)31-21/h6-13,26H,5H2,1-4H3,(H,25,27). The first-order chi connectivity index (χ1) is 15.2. The Balaban J connectivity index is 1.65. The summed E-state index contributed by atoms with van der Waals surface area (Å²) in [4.78, 5) is 12.9. The van der Waals surface area contributed by atoms with Crippen LogP contribution in [0, 0.1) is 20.8 Å². The molecule has 0 bridgehead atoms. The number of carbonyl (C=O) groups is 1. The topological polar surface area (TPSA) is 93.7 Å². The molecule has 1 aliphatic heterocycles. The van der Waals surface area contributed by atoms with E-state index >= 15 is 0 Å². The molecule has 0 aromatic heterocycles. The molecule has 0 spiro atoms. The number of fused-ring (bicyclic) bond motifs is 2. The smallest absolute Gasteiger partial charge is 0.261 e. The van der Waals surface area contributed by atoms with Crippen LogP contribution < -0.4 is 19.5 Å². The Morgan fingerprint density at radius 3 is 2.34 bits per heavy atom. The first kappa shape index (κ1) is 21.7. The van der Waals surface area contributed by atoms with Crippen LogP contribution in [0.4, 0.5) is 11.4 Å². The largest absolute Gasteiger partial charge is 0.493 e. The van der Waals surface area contributed by atoms with Gasteiger partial charge >= 0.3 is 0 Å². The highest BCUT2D eigenvalue weighted by Crippen LogP contribution is 2.37. The van der Waals surface area contributed by atoms with Crippen molar-refractivity contribution in [1.29, 1.82) is 0 Å². The lowest BCUT2D eigenvalue weighted by Crippen LogP contribution is -2.15. The number of hydrogen-bond acceptors (Lipinski definition) is 5. The van der Waals surface area contributed by atoms with Crippen molar-refractivity contribution in [2.45, 2.75) is 32.6 Å². The maximum absolute atomic E-state index is 13.0. The van der Waals surface area contributed by atoms with E-state index in [-0.39, 0.29) is 22.1 Å². The van der Waals surface area contributed by atoms with Crippen molar-refractivity contribution < 1.29 is 22.7 Å².